The second kappa shape index (κ2) is 14.8. The Morgan fingerprint density at radius 2 is 1.11 bits per heavy atom. The molecule has 1 unspecified atom stereocenters. The van der Waals surface area contributed by atoms with Crippen LogP contribution in [0.5, 0.6) is 0 Å². The van der Waals surface area contributed by atoms with E-state index in [1.807, 2.05) is 72.7 Å². The lowest BCUT2D eigenvalue weighted by Crippen LogP contribution is -2.40. The van der Waals surface area contributed by atoms with Crippen LogP contribution in [0.2, 0.25) is 0 Å². The number of aliphatic hydroxyl groups is 1. The summed E-state index contributed by atoms with van der Waals surface area (Å²) in [6.45, 7) is 15.9. The molecule has 2 heterocycles. The van der Waals surface area contributed by atoms with E-state index in [0.29, 0.717) is 24.7 Å². The second-order valence-corrected chi connectivity index (χ2v) is 13.8. The van der Waals surface area contributed by atoms with Gasteiger partial charge in [-0.3, -0.25) is 4.90 Å². The quantitative estimate of drug-likeness (QED) is 0.155. The summed E-state index contributed by atoms with van der Waals surface area (Å²) in [7, 11) is 0. The highest BCUT2D eigenvalue weighted by atomic mass is 16.6. The third-order valence-corrected chi connectivity index (χ3v) is 6.94. The summed E-state index contributed by atoms with van der Waals surface area (Å²) in [6.07, 6.45) is 2.78. The van der Waals surface area contributed by atoms with Crippen molar-refractivity contribution in [3.63, 3.8) is 0 Å². The first kappa shape index (κ1) is 35.2. The van der Waals surface area contributed by atoms with Crippen LogP contribution in [0.4, 0.5) is 9.59 Å². The number of amides is 2. The molecule has 0 aliphatic heterocycles. The molecular weight excluding hydrogens is 596 g/mol. The zero-order valence-corrected chi connectivity index (χ0v) is 28.8. The van der Waals surface area contributed by atoms with Crippen molar-refractivity contribution < 1.29 is 24.2 Å². The smallest absolute Gasteiger partial charge is 0.410 e. The average molecular weight is 645 g/mol. The summed E-state index contributed by atoms with van der Waals surface area (Å²) in [6, 6.07) is 16.4. The summed E-state index contributed by atoms with van der Waals surface area (Å²) >= 11 is 0. The van der Waals surface area contributed by atoms with Gasteiger partial charge in [-0.1, -0.05) is 55.5 Å². The van der Waals surface area contributed by atoms with Crippen molar-refractivity contribution in [2.45, 2.75) is 92.2 Å². The van der Waals surface area contributed by atoms with Crippen molar-refractivity contribution in [3.8, 4) is 33.6 Å². The van der Waals surface area contributed by atoms with Gasteiger partial charge in [-0.2, -0.15) is 0 Å². The van der Waals surface area contributed by atoms with Gasteiger partial charge in [0.15, 0.2) is 0 Å². The Kier molecular flexibility index (Phi) is 11.1. The molecule has 4 aromatic rings. The van der Waals surface area contributed by atoms with Crippen molar-refractivity contribution in [3.05, 3.63) is 72.6 Å². The van der Waals surface area contributed by atoms with E-state index in [1.165, 1.54) is 4.90 Å². The fourth-order valence-corrected chi connectivity index (χ4v) is 4.91. The Morgan fingerprint density at radius 3 is 1.49 bits per heavy atom. The zero-order valence-electron chi connectivity index (χ0n) is 28.8. The molecule has 1 atom stereocenters. The minimum atomic E-state index is -0.706. The zero-order chi connectivity index (χ0) is 34.4. The van der Waals surface area contributed by atoms with Gasteiger partial charge in [-0.05, 0) is 77.1 Å². The molecule has 0 aliphatic rings. The molecule has 4 rings (SSSR count). The Bertz CT molecular complexity index is 1610. The highest BCUT2D eigenvalue weighted by Crippen LogP contribution is 2.27. The number of aromatic nitrogens is 4. The highest BCUT2D eigenvalue weighted by Gasteiger charge is 2.25. The standard InChI is InChI=1S/C36H48N6O5/c1-9-18-41(33(44)46-35(3,4)5)22-31-37-19-29(39-31)27-14-10-25(11-15-27)26-12-16-28(17-13-26)30-20-38-32(40-30)23-42(21-24(2)43)34(45)47-36(6,7)8/h10-17,19-20,24,43H,9,18,21-23H2,1-8H3,(H,37,39)(H,38,40). The molecule has 11 nitrogen and oxygen atoms in total. The van der Waals surface area contributed by atoms with Crippen LogP contribution in [0.1, 0.15) is 73.5 Å². The average Bonchev–Trinajstić information content (AvgIpc) is 3.65. The molecular formula is C36H48N6O5. The molecule has 0 saturated heterocycles. The van der Waals surface area contributed by atoms with Gasteiger partial charge < -0.3 is 29.4 Å². The van der Waals surface area contributed by atoms with Crippen LogP contribution in [-0.2, 0) is 22.6 Å². The Hall–Kier alpha value is -4.64. The van der Waals surface area contributed by atoms with Gasteiger partial charge >= 0.3 is 12.2 Å². The molecule has 0 aliphatic carbocycles. The van der Waals surface area contributed by atoms with Gasteiger partial charge in [-0.25, -0.2) is 19.6 Å². The number of aromatic amines is 2. The minimum absolute atomic E-state index is 0.131. The van der Waals surface area contributed by atoms with Gasteiger partial charge in [0, 0.05) is 6.54 Å². The fourth-order valence-electron chi connectivity index (χ4n) is 4.91. The summed E-state index contributed by atoms with van der Waals surface area (Å²) < 4.78 is 11.1. The summed E-state index contributed by atoms with van der Waals surface area (Å²) in [5.41, 5.74) is 4.56. The first-order valence-electron chi connectivity index (χ1n) is 16.0. The predicted molar refractivity (Wildman–Crippen MR) is 182 cm³/mol. The van der Waals surface area contributed by atoms with Crippen LogP contribution >= 0.6 is 0 Å². The van der Waals surface area contributed by atoms with Crippen molar-refractivity contribution >= 4 is 12.2 Å². The SMILES string of the molecule is CCCN(Cc1ncc(-c2ccc(-c3ccc(-c4cnc(CN(CC(C)O)C(=O)OC(C)(C)C)[nH]4)cc3)cc2)[nH]1)C(=O)OC(C)(C)C. The largest absolute Gasteiger partial charge is 0.444 e. The number of aliphatic hydroxyl groups excluding tert-OH is 1. The Balaban J connectivity index is 1.40. The number of H-pyrrole nitrogens is 2. The van der Waals surface area contributed by atoms with Crippen LogP contribution in [0, 0.1) is 0 Å². The number of benzene rings is 2. The van der Waals surface area contributed by atoms with Crippen LogP contribution in [0.25, 0.3) is 33.6 Å². The van der Waals surface area contributed by atoms with Crippen LogP contribution < -0.4 is 0 Å². The van der Waals surface area contributed by atoms with E-state index in [1.54, 1.807) is 24.2 Å². The number of carbonyl (C=O) groups is 2. The second-order valence-electron chi connectivity index (χ2n) is 13.8. The molecule has 0 spiro atoms. The topological polar surface area (TPSA) is 137 Å². The molecule has 3 N–H and O–H groups in total. The number of rotatable bonds is 11. The molecule has 0 saturated carbocycles. The maximum Gasteiger partial charge on any atom is 0.410 e. The van der Waals surface area contributed by atoms with Crippen LogP contribution in [-0.4, -0.2) is 77.4 Å². The number of nitrogens with one attached hydrogen (secondary N) is 2. The molecule has 2 aromatic carbocycles. The normalized spacial score (nSPS) is 12.4. The summed E-state index contributed by atoms with van der Waals surface area (Å²) in [5, 5.41) is 9.92. The molecule has 0 radical (unpaired) electrons. The number of nitrogens with zero attached hydrogens (tertiary/aromatic N) is 4. The van der Waals surface area contributed by atoms with E-state index >= 15 is 0 Å². The maximum atomic E-state index is 12.7. The molecule has 252 valence electrons. The number of hydrogen-bond donors (Lipinski definition) is 3. The van der Waals surface area contributed by atoms with E-state index < -0.39 is 23.4 Å². The van der Waals surface area contributed by atoms with E-state index in [-0.39, 0.29) is 19.2 Å². The van der Waals surface area contributed by atoms with Gasteiger partial charge in [0.25, 0.3) is 0 Å². The summed E-state index contributed by atoms with van der Waals surface area (Å²) in [5.74, 6) is 1.29. The van der Waals surface area contributed by atoms with E-state index in [4.69, 9.17) is 9.47 Å². The fraction of sp³-hybridized carbons (Fsp3) is 0.444. The lowest BCUT2D eigenvalue weighted by atomic mass is 10.0. The molecule has 2 aromatic heterocycles. The van der Waals surface area contributed by atoms with Crippen molar-refractivity contribution in [2.24, 2.45) is 0 Å². The summed E-state index contributed by atoms with van der Waals surface area (Å²) in [4.78, 5) is 44.1. The molecule has 0 bridgehead atoms. The van der Waals surface area contributed by atoms with Gasteiger partial charge in [0.05, 0.1) is 49.5 Å². The van der Waals surface area contributed by atoms with E-state index in [0.717, 1.165) is 40.1 Å². The van der Waals surface area contributed by atoms with Crippen molar-refractivity contribution in [2.75, 3.05) is 13.1 Å². The lowest BCUT2D eigenvalue weighted by molar-refractivity contribution is 0.0136. The highest BCUT2D eigenvalue weighted by molar-refractivity contribution is 5.72. The van der Waals surface area contributed by atoms with Gasteiger partial charge in [-0.15, -0.1) is 0 Å². The molecule has 47 heavy (non-hydrogen) atoms. The van der Waals surface area contributed by atoms with Crippen molar-refractivity contribution in [1.82, 2.24) is 29.7 Å². The first-order chi connectivity index (χ1) is 22.1. The predicted octanol–water partition coefficient (Wildman–Crippen LogP) is 7.40. The molecule has 0 fully saturated rings. The van der Waals surface area contributed by atoms with Crippen LogP contribution in [0.15, 0.2) is 60.9 Å². The van der Waals surface area contributed by atoms with Crippen LogP contribution in [0.3, 0.4) is 0 Å². The molecule has 2 amide bonds. The first-order valence-corrected chi connectivity index (χ1v) is 16.0. The minimum Gasteiger partial charge on any atom is -0.444 e. The number of carbonyl (C=O) groups excluding carboxylic acids is 2. The Morgan fingerprint density at radius 1 is 0.723 bits per heavy atom. The molecule has 11 heteroatoms. The van der Waals surface area contributed by atoms with Crippen molar-refractivity contribution in [1.29, 1.82) is 0 Å². The van der Waals surface area contributed by atoms with E-state index in [2.05, 4.69) is 44.2 Å². The Labute approximate surface area is 277 Å². The lowest BCUT2D eigenvalue weighted by Gasteiger charge is -2.27. The monoisotopic (exact) mass is 644 g/mol. The third-order valence-electron chi connectivity index (χ3n) is 6.94. The third kappa shape index (κ3) is 10.4. The number of ether oxygens (including phenoxy) is 2. The number of imidazole rings is 2. The van der Waals surface area contributed by atoms with Gasteiger partial charge in [0.2, 0.25) is 0 Å². The number of hydrogen-bond acceptors (Lipinski definition) is 7. The van der Waals surface area contributed by atoms with Gasteiger partial charge in [0.1, 0.15) is 22.9 Å². The maximum absolute atomic E-state index is 12.7. The van der Waals surface area contributed by atoms with E-state index in [9.17, 15) is 14.7 Å².